The average Bonchev–Trinajstić information content (AvgIpc) is 2.27. The standard InChI is InChI=1S/C14H20FNO2S/c1-9-7-10(2)14(13(16)8-9)19(17,18)12-5-3-11(15)4-6-12/h3-6,9-10,13-14H,7-8,16H2,1-2H3. The second-order valence-corrected chi connectivity index (χ2v) is 7.79. The fourth-order valence-electron chi connectivity index (χ4n) is 3.20. The number of hydrogen-bond acceptors (Lipinski definition) is 3. The van der Waals surface area contributed by atoms with Crippen LogP contribution in [0, 0.1) is 17.7 Å². The Balaban J connectivity index is 2.36. The maximum absolute atomic E-state index is 12.9. The summed E-state index contributed by atoms with van der Waals surface area (Å²) in [5.74, 6) is 0.0343. The normalized spacial score (nSPS) is 32.2. The highest BCUT2D eigenvalue weighted by Gasteiger charge is 2.41. The predicted molar refractivity (Wildman–Crippen MR) is 72.9 cm³/mol. The summed E-state index contributed by atoms with van der Waals surface area (Å²) in [6, 6.07) is 4.64. The number of rotatable bonds is 2. The second kappa shape index (κ2) is 5.21. The Morgan fingerprint density at radius 2 is 1.74 bits per heavy atom. The third-order valence-corrected chi connectivity index (χ3v) is 6.39. The first-order valence-corrected chi connectivity index (χ1v) is 8.12. The number of hydrogen-bond donors (Lipinski definition) is 1. The number of nitrogens with two attached hydrogens (primary N) is 1. The quantitative estimate of drug-likeness (QED) is 0.849. The first-order valence-electron chi connectivity index (χ1n) is 6.57. The van der Waals surface area contributed by atoms with Crippen molar-refractivity contribution < 1.29 is 12.8 Å². The Morgan fingerprint density at radius 1 is 1.16 bits per heavy atom. The zero-order valence-electron chi connectivity index (χ0n) is 11.2. The molecule has 0 heterocycles. The Labute approximate surface area is 113 Å². The average molecular weight is 285 g/mol. The number of benzene rings is 1. The van der Waals surface area contributed by atoms with E-state index in [-0.39, 0.29) is 16.9 Å². The van der Waals surface area contributed by atoms with Gasteiger partial charge in [0, 0.05) is 6.04 Å². The van der Waals surface area contributed by atoms with Crippen molar-refractivity contribution in [2.75, 3.05) is 0 Å². The van der Waals surface area contributed by atoms with Crippen molar-refractivity contribution in [3.05, 3.63) is 30.1 Å². The molecule has 4 unspecified atom stereocenters. The zero-order chi connectivity index (χ0) is 14.2. The molecule has 1 aliphatic rings. The molecule has 1 aromatic carbocycles. The van der Waals surface area contributed by atoms with Gasteiger partial charge in [0.05, 0.1) is 10.1 Å². The van der Waals surface area contributed by atoms with Crippen LogP contribution in [0.4, 0.5) is 4.39 Å². The van der Waals surface area contributed by atoms with E-state index in [1.165, 1.54) is 24.3 Å². The van der Waals surface area contributed by atoms with E-state index in [9.17, 15) is 12.8 Å². The maximum atomic E-state index is 12.9. The fourth-order valence-corrected chi connectivity index (χ4v) is 5.33. The maximum Gasteiger partial charge on any atom is 0.183 e. The van der Waals surface area contributed by atoms with E-state index in [1.807, 2.05) is 6.92 Å². The molecule has 1 aliphatic carbocycles. The molecule has 0 radical (unpaired) electrons. The van der Waals surface area contributed by atoms with E-state index in [1.54, 1.807) is 0 Å². The van der Waals surface area contributed by atoms with Crippen molar-refractivity contribution in [3.63, 3.8) is 0 Å². The fraction of sp³-hybridized carbons (Fsp3) is 0.571. The van der Waals surface area contributed by atoms with Crippen molar-refractivity contribution >= 4 is 9.84 Å². The van der Waals surface area contributed by atoms with E-state index in [0.29, 0.717) is 5.92 Å². The van der Waals surface area contributed by atoms with Crippen LogP contribution in [0.3, 0.4) is 0 Å². The highest BCUT2D eigenvalue weighted by molar-refractivity contribution is 7.92. The van der Waals surface area contributed by atoms with Gasteiger partial charge in [-0.3, -0.25) is 0 Å². The minimum atomic E-state index is -3.49. The zero-order valence-corrected chi connectivity index (χ0v) is 12.0. The lowest BCUT2D eigenvalue weighted by Crippen LogP contribution is -2.49. The molecule has 0 spiro atoms. The summed E-state index contributed by atoms with van der Waals surface area (Å²) >= 11 is 0. The highest BCUT2D eigenvalue weighted by Crippen LogP contribution is 2.35. The molecule has 1 aromatic rings. The lowest BCUT2D eigenvalue weighted by atomic mass is 9.80. The number of halogens is 1. The molecule has 2 rings (SSSR count). The van der Waals surface area contributed by atoms with Gasteiger partial charge in [-0.15, -0.1) is 0 Å². The molecule has 3 nitrogen and oxygen atoms in total. The Bertz CT molecular complexity index is 529. The minimum absolute atomic E-state index is 0.0220. The Hall–Kier alpha value is -0.940. The van der Waals surface area contributed by atoms with E-state index < -0.39 is 20.9 Å². The molecule has 1 fully saturated rings. The van der Waals surface area contributed by atoms with Crippen LogP contribution in [-0.2, 0) is 9.84 Å². The summed E-state index contributed by atoms with van der Waals surface area (Å²) < 4.78 is 38.1. The largest absolute Gasteiger partial charge is 0.326 e. The van der Waals surface area contributed by atoms with E-state index in [4.69, 9.17) is 5.73 Å². The number of sulfone groups is 1. The lowest BCUT2D eigenvalue weighted by Gasteiger charge is -2.37. The molecular weight excluding hydrogens is 265 g/mol. The van der Waals surface area contributed by atoms with Gasteiger partial charge in [0.1, 0.15) is 5.82 Å². The van der Waals surface area contributed by atoms with Gasteiger partial charge in [-0.2, -0.15) is 0 Å². The van der Waals surface area contributed by atoms with E-state index >= 15 is 0 Å². The summed E-state index contributed by atoms with van der Waals surface area (Å²) in [6.07, 6.45) is 1.58. The second-order valence-electron chi connectivity index (χ2n) is 5.68. The first-order chi connectivity index (χ1) is 8.82. The highest BCUT2D eigenvalue weighted by atomic mass is 32.2. The molecular formula is C14H20FNO2S. The van der Waals surface area contributed by atoms with Crippen molar-refractivity contribution in [1.82, 2.24) is 0 Å². The summed E-state index contributed by atoms with van der Waals surface area (Å²) in [6.45, 7) is 4.03. The van der Waals surface area contributed by atoms with Crippen LogP contribution in [0.25, 0.3) is 0 Å². The SMILES string of the molecule is CC1CC(C)C(S(=O)(=O)c2ccc(F)cc2)C(N)C1. The van der Waals surface area contributed by atoms with Gasteiger partial charge in [0.15, 0.2) is 9.84 Å². The summed E-state index contributed by atoms with van der Waals surface area (Å²) in [7, 11) is -3.49. The molecule has 19 heavy (non-hydrogen) atoms. The molecule has 4 atom stereocenters. The molecule has 1 saturated carbocycles. The van der Waals surface area contributed by atoms with Crippen LogP contribution in [0.15, 0.2) is 29.2 Å². The molecule has 106 valence electrons. The van der Waals surface area contributed by atoms with Crippen LogP contribution in [0.2, 0.25) is 0 Å². The van der Waals surface area contributed by atoms with Crippen LogP contribution in [0.5, 0.6) is 0 Å². The van der Waals surface area contributed by atoms with Gasteiger partial charge in [0.2, 0.25) is 0 Å². The molecule has 0 aliphatic heterocycles. The monoisotopic (exact) mass is 285 g/mol. The van der Waals surface area contributed by atoms with E-state index in [2.05, 4.69) is 6.92 Å². The topological polar surface area (TPSA) is 60.2 Å². The Morgan fingerprint density at radius 3 is 2.26 bits per heavy atom. The van der Waals surface area contributed by atoms with Gasteiger partial charge in [-0.05, 0) is 48.9 Å². The third kappa shape index (κ3) is 2.82. The summed E-state index contributed by atoms with van der Waals surface area (Å²) in [4.78, 5) is 0.163. The van der Waals surface area contributed by atoms with Gasteiger partial charge in [0.25, 0.3) is 0 Å². The van der Waals surface area contributed by atoms with Crippen molar-refractivity contribution in [2.45, 2.75) is 42.9 Å². The van der Waals surface area contributed by atoms with Crippen LogP contribution < -0.4 is 5.73 Å². The summed E-state index contributed by atoms with van der Waals surface area (Å²) in [5.41, 5.74) is 6.06. The van der Waals surface area contributed by atoms with Crippen LogP contribution >= 0.6 is 0 Å². The molecule has 0 saturated heterocycles. The molecule has 0 amide bonds. The third-order valence-electron chi connectivity index (χ3n) is 3.93. The first kappa shape index (κ1) is 14.5. The minimum Gasteiger partial charge on any atom is -0.326 e. The molecule has 0 bridgehead atoms. The molecule has 5 heteroatoms. The van der Waals surface area contributed by atoms with E-state index in [0.717, 1.165) is 12.8 Å². The van der Waals surface area contributed by atoms with Gasteiger partial charge < -0.3 is 5.73 Å². The predicted octanol–water partition coefficient (Wildman–Crippen LogP) is 2.36. The molecule has 0 aromatic heterocycles. The smallest absolute Gasteiger partial charge is 0.183 e. The van der Waals surface area contributed by atoms with Crippen molar-refractivity contribution in [2.24, 2.45) is 17.6 Å². The van der Waals surface area contributed by atoms with Gasteiger partial charge in [-0.1, -0.05) is 13.8 Å². The Kier molecular flexibility index (Phi) is 3.97. The molecule has 2 N–H and O–H groups in total. The lowest BCUT2D eigenvalue weighted by molar-refractivity contribution is 0.271. The van der Waals surface area contributed by atoms with Gasteiger partial charge >= 0.3 is 0 Å². The van der Waals surface area contributed by atoms with Crippen LogP contribution in [-0.4, -0.2) is 19.7 Å². The van der Waals surface area contributed by atoms with Crippen molar-refractivity contribution in [1.29, 1.82) is 0 Å². The van der Waals surface area contributed by atoms with Crippen molar-refractivity contribution in [3.8, 4) is 0 Å². The van der Waals surface area contributed by atoms with Gasteiger partial charge in [-0.25, -0.2) is 12.8 Å². The van der Waals surface area contributed by atoms with Crippen LogP contribution in [0.1, 0.15) is 26.7 Å². The summed E-state index contributed by atoms with van der Waals surface area (Å²) in [5, 5.41) is -0.575.